The first kappa shape index (κ1) is 23.5. The molecule has 154 valence electrons. The van der Waals surface area contributed by atoms with Gasteiger partial charge >= 0.3 is 0 Å². The second kappa shape index (κ2) is 14.5. The molecule has 0 saturated heterocycles. The average Bonchev–Trinajstić information content (AvgIpc) is 2.69. The molecule has 0 aliphatic carbocycles. The summed E-state index contributed by atoms with van der Waals surface area (Å²) in [5.41, 5.74) is 1.19. The van der Waals surface area contributed by atoms with E-state index in [2.05, 4.69) is 35.4 Å². The minimum absolute atomic E-state index is 0.724. The fraction of sp³-hybridized carbons (Fsp3) is 0.667. The maximum Gasteiger partial charge on any atom is 0.166 e. The molecule has 0 saturated carbocycles. The summed E-state index contributed by atoms with van der Waals surface area (Å²) in [5, 5.41) is 7.34. The van der Waals surface area contributed by atoms with Crippen molar-refractivity contribution in [3.05, 3.63) is 23.8 Å². The molecule has 6 heteroatoms. The van der Waals surface area contributed by atoms with E-state index in [1.165, 1.54) is 44.3 Å². The maximum atomic E-state index is 5.40. The van der Waals surface area contributed by atoms with Crippen LogP contribution in [-0.2, 0) is 6.42 Å². The van der Waals surface area contributed by atoms with Gasteiger partial charge in [0.1, 0.15) is 0 Å². The molecule has 0 radical (unpaired) electrons. The Morgan fingerprint density at radius 1 is 0.926 bits per heavy atom. The van der Waals surface area contributed by atoms with Gasteiger partial charge in [0.15, 0.2) is 16.6 Å². The highest BCUT2D eigenvalue weighted by molar-refractivity contribution is 7.80. The van der Waals surface area contributed by atoms with Crippen LogP contribution < -0.4 is 20.1 Å². The molecule has 2 N–H and O–H groups in total. The molecule has 0 atom stereocenters. The Morgan fingerprint density at radius 3 is 2.15 bits per heavy atom. The number of benzene rings is 1. The number of hydrogen-bond donors (Lipinski definition) is 2. The van der Waals surface area contributed by atoms with Gasteiger partial charge in [0, 0.05) is 19.6 Å². The highest BCUT2D eigenvalue weighted by atomic mass is 32.1. The molecule has 0 aromatic heterocycles. The van der Waals surface area contributed by atoms with E-state index >= 15 is 0 Å². The first-order valence-electron chi connectivity index (χ1n) is 10.1. The lowest BCUT2D eigenvalue weighted by Gasteiger charge is -2.22. The molecule has 1 aromatic rings. The van der Waals surface area contributed by atoms with E-state index in [9.17, 15) is 0 Å². The molecule has 27 heavy (non-hydrogen) atoms. The van der Waals surface area contributed by atoms with Crippen LogP contribution in [-0.4, -0.2) is 57.0 Å². The highest BCUT2D eigenvalue weighted by Gasteiger charge is 2.06. The first-order chi connectivity index (χ1) is 13.1. The Labute approximate surface area is 170 Å². The number of methoxy groups -OCH3 is 2. The molecule has 0 bridgehead atoms. The van der Waals surface area contributed by atoms with Crippen LogP contribution in [0.15, 0.2) is 18.2 Å². The van der Waals surface area contributed by atoms with Crippen LogP contribution in [0.4, 0.5) is 0 Å². The number of hydrogen-bond acceptors (Lipinski definition) is 4. The van der Waals surface area contributed by atoms with Crippen molar-refractivity contribution < 1.29 is 9.47 Å². The molecule has 1 rings (SSSR count). The van der Waals surface area contributed by atoms with Crippen molar-refractivity contribution in [3.8, 4) is 11.5 Å². The summed E-state index contributed by atoms with van der Waals surface area (Å²) >= 11 is 5.40. The molecule has 5 nitrogen and oxygen atoms in total. The third kappa shape index (κ3) is 9.82. The van der Waals surface area contributed by atoms with E-state index in [0.29, 0.717) is 0 Å². The summed E-state index contributed by atoms with van der Waals surface area (Å²) in [4.78, 5) is 2.53. The summed E-state index contributed by atoms with van der Waals surface area (Å²) in [5.74, 6) is 1.51. The van der Waals surface area contributed by atoms with Gasteiger partial charge in [0.2, 0.25) is 0 Å². The van der Waals surface area contributed by atoms with Gasteiger partial charge in [-0.15, -0.1) is 0 Å². The second-order valence-corrected chi connectivity index (χ2v) is 7.08. The van der Waals surface area contributed by atoms with Crippen molar-refractivity contribution in [2.24, 2.45) is 0 Å². The largest absolute Gasteiger partial charge is 0.493 e. The lowest BCUT2D eigenvalue weighted by atomic mass is 10.1. The third-order valence-electron chi connectivity index (χ3n) is 4.52. The molecule has 0 unspecified atom stereocenters. The van der Waals surface area contributed by atoms with Crippen LogP contribution in [0.2, 0.25) is 0 Å². The van der Waals surface area contributed by atoms with Gasteiger partial charge < -0.3 is 25.0 Å². The monoisotopic (exact) mass is 395 g/mol. The number of thiocarbonyl (C=S) groups is 1. The van der Waals surface area contributed by atoms with Crippen LogP contribution in [0, 0.1) is 0 Å². The van der Waals surface area contributed by atoms with Gasteiger partial charge in [0.05, 0.1) is 14.2 Å². The van der Waals surface area contributed by atoms with E-state index in [-0.39, 0.29) is 0 Å². The zero-order valence-electron chi connectivity index (χ0n) is 17.5. The molecule has 0 spiro atoms. The van der Waals surface area contributed by atoms with Crippen molar-refractivity contribution in [1.82, 2.24) is 15.5 Å². The first-order valence-corrected chi connectivity index (χ1v) is 10.5. The Morgan fingerprint density at radius 2 is 1.56 bits per heavy atom. The topological polar surface area (TPSA) is 45.8 Å². The predicted molar refractivity (Wildman–Crippen MR) is 118 cm³/mol. The minimum Gasteiger partial charge on any atom is -0.493 e. The zero-order valence-corrected chi connectivity index (χ0v) is 18.3. The molecule has 0 aliphatic rings. The standard InChI is InChI=1S/C21H37N3O2S/c1-5-7-14-24(15-8-6-2)16-13-23-21(27)22-12-11-18-9-10-19(25-3)20(17-18)26-4/h9-10,17H,5-8,11-16H2,1-4H3,(H2,22,23,27). The number of rotatable bonds is 14. The van der Waals surface area contributed by atoms with Gasteiger partial charge in [-0.1, -0.05) is 32.8 Å². The molecular formula is C21H37N3O2S. The van der Waals surface area contributed by atoms with Crippen molar-refractivity contribution >= 4 is 17.3 Å². The quantitative estimate of drug-likeness (QED) is 0.469. The summed E-state index contributed by atoms with van der Waals surface area (Å²) in [6, 6.07) is 6.00. The number of unbranched alkanes of at least 4 members (excludes halogenated alkanes) is 2. The maximum absolute atomic E-state index is 5.40. The average molecular weight is 396 g/mol. The third-order valence-corrected chi connectivity index (χ3v) is 4.81. The summed E-state index contributed by atoms with van der Waals surface area (Å²) < 4.78 is 10.6. The van der Waals surface area contributed by atoms with E-state index in [4.69, 9.17) is 21.7 Å². The lowest BCUT2D eigenvalue weighted by Crippen LogP contribution is -2.41. The molecule has 0 heterocycles. The Balaban J connectivity index is 2.28. The zero-order chi connectivity index (χ0) is 19.9. The van der Waals surface area contributed by atoms with Crippen molar-refractivity contribution in [2.75, 3.05) is 46.9 Å². The summed E-state index contributed by atoms with van der Waals surface area (Å²) in [7, 11) is 3.30. The summed E-state index contributed by atoms with van der Waals surface area (Å²) in [6.07, 6.45) is 5.88. The van der Waals surface area contributed by atoms with E-state index in [1.54, 1.807) is 14.2 Å². The van der Waals surface area contributed by atoms with Crippen LogP contribution in [0.3, 0.4) is 0 Å². The lowest BCUT2D eigenvalue weighted by molar-refractivity contribution is 0.269. The van der Waals surface area contributed by atoms with Crippen LogP contribution in [0.1, 0.15) is 45.1 Å². The molecule has 0 amide bonds. The SMILES string of the molecule is CCCCN(CCCC)CCNC(=S)NCCc1ccc(OC)c(OC)c1. The van der Waals surface area contributed by atoms with E-state index in [0.717, 1.165) is 42.7 Å². The molecular weight excluding hydrogens is 358 g/mol. The Hall–Kier alpha value is -1.53. The molecule has 0 fully saturated rings. The normalized spacial score (nSPS) is 10.7. The van der Waals surface area contributed by atoms with Gasteiger partial charge in [-0.25, -0.2) is 0 Å². The Bertz CT molecular complexity index is 532. The van der Waals surface area contributed by atoms with Gasteiger partial charge in [-0.3, -0.25) is 0 Å². The number of nitrogens with one attached hydrogen (secondary N) is 2. The molecule has 1 aromatic carbocycles. The highest BCUT2D eigenvalue weighted by Crippen LogP contribution is 2.27. The van der Waals surface area contributed by atoms with Gasteiger partial charge in [-0.2, -0.15) is 0 Å². The van der Waals surface area contributed by atoms with E-state index < -0.39 is 0 Å². The Kier molecular flexibility index (Phi) is 12.6. The van der Waals surface area contributed by atoms with Crippen molar-refractivity contribution in [1.29, 1.82) is 0 Å². The fourth-order valence-corrected chi connectivity index (χ4v) is 3.05. The smallest absolute Gasteiger partial charge is 0.166 e. The number of nitrogens with zero attached hydrogens (tertiary/aromatic N) is 1. The van der Waals surface area contributed by atoms with Gasteiger partial charge in [-0.05, 0) is 62.3 Å². The van der Waals surface area contributed by atoms with Crippen molar-refractivity contribution in [3.63, 3.8) is 0 Å². The number of ether oxygens (including phenoxy) is 2. The van der Waals surface area contributed by atoms with Crippen LogP contribution in [0.25, 0.3) is 0 Å². The predicted octanol–water partition coefficient (Wildman–Crippen LogP) is 3.61. The molecule has 0 aliphatic heterocycles. The van der Waals surface area contributed by atoms with Crippen LogP contribution in [0.5, 0.6) is 11.5 Å². The minimum atomic E-state index is 0.724. The van der Waals surface area contributed by atoms with Crippen LogP contribution >= 0.6 is 12.2 Å². The van der Waals surface area contributed by atoms with Gasteiger partial charge in [0.25, 0.3) is 0 Å². The van der Waals surface area contributed by atoms with E-state index in [1.807, 2.05) is 12.1 Å². The fourth-order valence-electron chi connectivity index (χ4n) is 2.85. The van der Waals surface area contributed by atoms with Crippen molar-refractivity contribution in [2.45, 2.75) is 46.0 Å². The second-order valence-electron chi connectivity index (χ2n) is 6.67. The summed E-state index contributed by atoms with van der Waals surface area (Å²) in [6.45, 7) is 9.56.